The molecule has 0 aromatic heterocycles. The smallest absolute Gasteiger partial charge is 0.327 e. The highest BCUT2D eigenvalue weighted by molar-refractivity contribution is 5.80. The molecule has 0 aliphatic carbocycles. The van der Waals surface area contributed by atoms with E-state index in [0.717, 1.165) is 13.0 Å². The number of methoxy groups -OCH3 is 1. The van der Waals surface area contributed by atoms with Gasteiger partial charge in [0.2, 0.25) is 0 Å². The van der Waals surface area contributed by atoms with Gasteiger partial charge < -0.3 is 9.64 Å². The van der Waals surface area contributed by atoms with E-state index in [1.807, 2.05) is 46.0 Å². The van der Waals surface area contributed by atoms with Gasteiger partial charge in [0.25, 0.3) is 0 Å². The number of nitrogens with one attached hydrogen (secondary N) is 1. The molecule has 0 bridgehead atoms. The first-order valence-corrected chi connectivity index (χ1v) is 7.46. The maximum absolute atomic E-state index is 12.1. The van der Waals surface area contributed by atoms with Crippen molar-refractivity contribution < 1.29 is 9.53 Å². The average molecular weight is 292 g/mol. The van der Waals surface area contributed by atoms with Crippen LogP contribution in [0.3, 0.4) is 0 Å². The lowest BCUT2D eigenvalue weighted by Crippen LogP contribution is -2.59. The highest BCUT2D eigenvalue weighted by Gasteiger charge is 2.35. The molecule has 1 rings (SSSR count). The molecule has 0 fully saturated rings. The van der Waals surface area contributed by atoms with Crippen molar-refractivity contribution in [3.63, 3.8) is 0 Å². The van der Waals surface area contributed by atoms with Gasteiger partial charge in [-0.25, -0.2) is 0 Å². The fraction of sp³-hybridized carbons (Fsp3) is 0.588. The van der Waals surface area contributed by atoms with Crippen molar-refractivity contribution in [3.05, 3.63) is 35.9 Å². The summed E-state index contributed by atoms with van der Waals surface area (Å²) in [6.07, 6.45) is 0.969. The molecule has 0 spiro atoms. The lowest BCUT2D eigenvalue weighted by Gasteiger charge is -2.34. The molecule has 0 radical (unpaired) electrons. The molecule has 0 amide bonds. The number of carbonyl (C=O) groups excluding carboxylic acids is 1. The third-order valence-electron chi connectivity index (χ3n) is 3.45. The van der Waals surface area contributed by atoms with Crippen molar-refractivity contribution in [2.45, 2.75) is 38.8 Å². The molecule has 0 saturated heterocycles. The Labute approximate surface area is 128 Å². The number of ether oxygens (including phenoxy) is 1. The Bertz CT molecular complexity index is 434. The molecule has 0 heterocycles. The van der Waals surface area contributed by atoms with E-state index in [1.54, 1.807) is 0 Å². The van der Waals surface area contributed by atoms with E-state index in [9.17, 15) is 4.79 Å². The van der Waals surface area contributed by atoms with Crippen LogP contribution in [-0.4, -0.2) is 49.7 Å². The van der Waals surface area contributed by atoms with Gasteiger partial charge in [0, 0.05) is 19.1 Å². The van der Waals surface area contributed by atoms with E-state index in [-0.39, 0.29) is 12.0 Å². The lowest BCUT2D eigenvalue weighted by molar-refractivity contribution is -0.149. The summed E-state index contributed by atoms with van der Waals surface area (Å²) >= 11 is 0. The number of carbonyl (C=O) groups is 1. The van der Waals surface area contributed by atoms with Crippen LogP contribution in [0.25, 0.3) is 0 Å². The summed E-state index contributed by atoms with van der Waals surface area (Å²) in [5, 5.41) is 3.32. The summed E-state index contributed by atoms with van der Waals surface area (Å²) in [4.78, 5) is 14.2. The molecule has 1 aromatic rings. The Hall–Kier alpha value is -1.39. The molecule has 4 heteroatoms. The van der Waals surface area contributed by atoms with Gasteiger partial charge in [-0.1, -0.05) is 30.3 Å². The van der Waals surface area contributed by atoms with E-state index in [0.29, 0.717) is 6.54 Å². The van der Waals surface area contributed by atoms with Gasteiger partial charge in [-0.15, -0.1) is 0 Å². The van der Waals surface area contributed by atoms with Gasteiger partial charge in [-0.3, -0.25) is 10.1 Å². The molecule has 118 valence electrons. The predicted molar refractivity (Wildman–Crippen MR) is 86.3 cm³/mol. The Morgan fingerprint density at radius 3 is 2.48 bits per heavy atom. The highest BCUT2D eigenvalue weighted by Crippen LogP contribution is 2.11. The van der Waals surface area contributed by atoms with Crippen LogP contribution in [0.1, 0.15) is 26.3 Å². The maximum atomic E-state index is 12.1. The van der Waals surface area contributed by atoms with Crippen molar-refractivity contribution in [3.8, 4) is 0 Å². The molecule has 21 heavy (non-hydrogen) atoms. The van der Waals surface area contributed by atoms with Crippen LogP contribution >= 0.6 is 0 Å². The van der Waals surface area contributed by atoms with Gasteiger partial charge >= 0.3 is 5.97 Å². The number of rotatable bonds is 8. The summed E-state index contributed by atoms with van der Waals surface area (Å²) in [6.45, 7) is 7.48. The van der Waals surface area contributed by atoms with Gasteiger partial charge in [0.1, 0.15) is 5.54 Å². The summed E-state index contributed by atoms with van der Waals surface area (Å²) in [5.41, 5.74) is 0.620. The zero-order valence-corrected chi connectivity index (χ0v) is 13.8. The second-order valence-electron chi connectivity index (χ2n) is 6.10. The van der Waals surface area contributed by atoms with Crippen LogP contribution in [-0.2, 0) is 16.0 Å². The van der Waals surface area contributed by atoms with Crippen molar-refractivity contribution >= 4 is 5.97 Å². The average Bonchev–Trinajstić information content (AvgIpc) is 2.44. The third kappa shape index (κ3) is 5.86. The molecule has 0 aliphatic rings. The van der Waals surface area contributed by atoms with Gasteiger partial charge in [-0.05, 0) is 39.8 Å². The fourth-order valence-corrected chi connectivity index (χ4v) is 2.62. The first-order chi connectivity index (χ1) is 9.87. The first-order valence-electron chi connectivity index (χ1n) is 7.46. The minimum absolute atomic E-state index is 0.219. The zero-order valence-electron chi connectivity index (χ0n) is 13.8. The topological polar surface area (TPSA) is 41.6 Å². The monoisotopic (exact) mass is 292 g/mol. The van der Waals surface area contributed by atoms with Gasteiger partial charge in [-0.2, -0.15) is 0 Å². The second-order valence-corrected chi connectivity index (χ2v) is 6.10. The van der Waals surface area contributed by atoms with Crippen molar-refractivity contribution in [2.75, 3.05) is 27.2 Å². The van der Waals surface area contributed by atoms with Gasteiger partial charge in [0.15, 0.2) is 0 Å². The predicted octanol–water partition coefficient (Wildman–Crippen LogP) is 2.09. The van der Waals surface area contributed by atoms with E-state index in [1.165, 1.54) is 12.7 Å². The summed E-state index contributed by atoms with van der Waals surface area (Å²) in [7, 11) is 3.47. The van der Waals surface area contributed by atoms with Crippen LogP contribution in [0.4, 0.5) is 0 Å². The van der Waals surface area contributed by atoms with Gasteiger partial charge in [0.05, 0.1) is 7.11 Å². The van der Waals surface area contributed by atoms with E-state index in [2.05, 4.69) is 22.3 Å². The highest BCUT2D eigenvalue weighted by atomic mass is 16.5. The molecule has 1 atom stereocenters. The number of hydrogen-bond donors (Lipinski definition) is 1. The first kappa shape index (κ1) is 17.7. The Kier molecular flexibility index (Phi) is 6.85. The molecule has 4 nitrogen and oxygen atoms in total. The summed E-state index contributed by atoms with van der Waals surface area (Å²) in [6, 6.07) is 10.6. The normalized spacial score (nSPS) is 14.2. The largest absolute Gasteiger partial charge is 0.468 e. The maximum Gasteiger partial charge on any atom is 0.327 e. The molecule has 0 saturated carbocycles. The van der Waals surface area contributed by atoms with Crippen LogP contribution in [0.15, 0.2) is 30.3 Å². The minimum Gasteiger partial charge on any atom is -0.468 e. The van der Waals surface area contributed by atoms with E-state index in [4.69, 9.17) is 4.74 Å². The summed E-state index contributed by atoms with van der Waals surface area (Å²) in [5.74, 6) is -0.220. The molecular formula is C17H28N2O2. The fourth-order valence-electron chi connectivity index (χ4n) is 2.62. The SMILES string of the molecule is COC(=O)C(C)(CN(C)CCc1ccccc1)NC(C)C. The van der Waals surface area contributed by atoms with Crippen molar-refractivity contribution in [1.29, 1.82) is 0 Å². The molecule has 1 aromatic carbocycles. The number of nitrogens with zero attached hydrogens (tertiary/aromatic N) is 1. The minimum atomic E-state index is -0.686. The van der Waals surface area contributed by atoms with Crippen molar-refractivity contribution in [1.82, 2.24) is 10.2 Å². The Morgan fingerprint density at radius 1 is 1.33 bits per heavy atom. The number of esters is 1. The number of hydrogen-bond acceptors (Lipinski definition) is 4. The van der Waals surface area contributed by atoms with Crippen molar-refractivity contribution in [2.24, 2.45) is 0 Å². The zero-order chi connectivity index (χ0) is 15.9. The van der Waals surface area contributed by atoms with Crippen LogP contribution in [0.5, 0.6) is 0 Å². The molecule has 1 unspecified atom stereocenters. The molecule has 0 aliphatic heterocycles. The Morgan fingerprint density at radius 2 is 1.95 bits per heavy atom. The van der Waals surface area contributed by atoms with Crippen LogP contribution < -0.4 is 5.32 Å². The quantitative estimate of drug-likeness (QED) is 0.745. The Balaban J connectivity index is 2.59. The molecular weight excluding hydrogens is 264 g/mol. The second kappa shape index (κ2) is 8.15. The third-order valence-corrected chi connectivity index (χ3v) is 3.45. The number of likely N-dealkylation sites (N-methyl/N-ethyl adjacent to an activating group) is 1. The lowest BCUT2D eigenvalue weighted by atomic mass is 10.0. The summed E-state index contributed by atoms with van der Waals surface area (Å²) < 4.78 is 4.95. The molecule has 1 N–H and O–H groups in total. The van der Waals surface area contributed by atoms with E-state index >= 15 is 0 Å². The standard InChI is InChI=1S/C17H28N2O2/c1-14(2)18-17(3,16(20)21-5)13-19(4)12-11-15-9-7-6-8-10-15/h6-10,14,18H,11-13H2,1-5H3. The van der Waals surface area contributed by atoms with E-state index < -0.39 is 5.54 Å². The van der Waals surface area contributed by atoms with Crippen LogP contribution in [0, 0.1) is 0 Å². The number of benzene rings is 1. The van der Waals surface area contributed by atoms with Crippen LogP contribution in [0.2, 0.25) is 0 Å².